The van der Waals surface area contributed by atoms with Crippen molar-refractivity contribution in [1.29, 1.82) is 0 Å². The van der Waals surface area contributed by atoms with E-state index in [0.717, 1.165) is 161 Å². The van der Waals surface area contributed by atoms with Crippen molar-refractivity contribution < 1.29 is 29.4 Å². The van der Waals surface area contributed by atoms with E-state index in [4.69, 9.17) is 9.97 Å². The van der Waals surface area contributed by atoms with Crippen molar-refractivity contribution in [1.82, 2.24) is 20.6 Å². The second-order valence-corrected chi connectivity index (χ2v) is 23.3. The highest BCUT2D eigenvalue weighted by molar-refractivity contribution is 5.90. The summed E-state index contributed by atoms with van der Waals surface area (Å²) >= 11 is 0. The lowest BCUT2D eigenvalue weighted by Gasteiger charge is -2.58. The summed E-state index contributed by atoms with van der Waals surface area (Å²) in [5, 5.41) is 33.6. The zero-order valence-electron chi connectivity index (χ0n) is 41.9. The molecule has 14 nitrogen and oxygen atoms in total. The molecule has 14 heteroatoms. The topological polar surface area (TPSA) is 189 Å². The van der Waals surface area contributed by atoms with Crippen LogP contribution in [0.5, 0.6) is 0 Å². The van der Waals surface area contributed by atoms with Crippen molar-refractivity contribution in [3.8, 4) is 22.3 Å². The van der Waals surface area contributed by atoms with Crippen LogP contribution in [0.25, 0.3) is 22.3 Å². The van der Waals surface area contributed by atoms with Gasteiger partial charge in [-0.25, -0.2) is 9.97 Å². The van der Waals surface area contributed by atoms with E-state index in [9.17, 15) is 29.4 Å². The molecule has 10 aliphatic rings. The lowest BCUT2D eigenvalue weighted by atomic mass is 9.48. The molecule has 8 saturated carbocycles. The second-order valence-electron chi connectivity index (χ2n) is 23.3. The molecule has 14 rings (SSSR count). The first-order valence-electron chi connectivity index (χ1n) is 26.9. The van der Waals surface area contributed by atoms with Crippen LogP contribution in [0, 0.1) is 46.3 Å². The van der Waals surface area contributed by atoms with Crippen LogP contribution < -0.4 is 31.1 Å². The fourth-order valence-electron chi connectivity index (χ4n) is 15.2. The van der Waals surface area contributed by atoms with Crippen molar-refractivity contribution in [3.05, 3.63) is 85.2 Å². The summed E-state index contributed by atoms with van der Waals surface area (Å²) in [6.45, 7) is 6.43. The minimum absolute atomic E-state index is 0.0819. The number of carbonyl (C=O) groups is 4. The van der Waals surface area contributed by atoms with E-state index in [-0.39, 0.29) is 58.8 Å². The maximum Gasteiger partial charge on any atom is 0.226 e. The zero-order valence-corrected chi connectivity index (χ0v) is 41.9. The maximum atomic E-state index is 13.5. The van der Waals surface area contributed by atoms with E-state index in [2.05, 4.69) is 55.3 Å². The van der Waals surface area contributed by atoms with Crippen molar-refractivity contribution in [2.75, 3.05) is 46.6 Å². The fourth-order valence-corrected chi connectivity index (χ4v) is 15.2. The normalized spacial score (nSPS) is 32.8. The highest BCUT2D eigenvalue weighted by atomic mass is 16.3. The van der Waals surface area contributed by atoms with Crippen molar-refractivity contribution >= 4 is 46.6 Å². The number of piperidine rings is 2. The Morgan fingerprint density at radius 2 is 0.875 bits per heavy atom. The third-order valence-corrected chi connectivity index (χ3v) is 18.1. The largest absolute Gasteiger partial charge is 0.393 e. The molecule has 4 heterocycles. The number of nitrogens with zero attached hydrogens (tertiary/aromatic N) is 4. The molecular formula is C58H72N8O6. The van der Waals surface area contributed by atoms with Crippen LogP contribution in [0.4, 0.5) is 23.0 Å². The number of nitrogens with one attached hydrogen (secondary N) is 4. The van der Waals surface area contributed by atoms with Gasteiger partial charge in [0.15, 0.2) is 0 Å². The Morgan fingerprint density at radius 3 is 1.21 bits per heavy atom. The van der Waals surface area contributed by atoms with Gasteiger partial charge in [-0.2, -0.15) is 0 Å². The number of aliphatic hydroxyl groups is 2. The molecular weight excluding hydrogens is 905 g/mol. The molecule has 6 N–H and O–H groups in total. The van der Waals surface area contributed by atoms with Crippen LogP contribution in [0.3, 0.4) is 0 Å². The molecule has 72 heavy (non-hydrogen) atoms. The summed E-state index contributed by atoms with van der Waals surface area (Å²) in [5.74, 6) is 4.65. The highest BCUT2D eigenvalue weighted by Gasteiger charge is 2.59. The number of aromatic nitrogens is 2. The van der Waals surface area contributed by atoms with Gasteiger partial charge in [-0.1, -0.05) is 24.3 Å². The molecule has 8 aliphatic carbocycles. The molecule has 380 valence electrons. The average Bonchev–Trinajstić information content (AvgIpc) is 3.37. The van der Waals surface area contributed by atoms with E-state index in [1.165, 1.54) is 13.8 Å². The smallest absolute Gasteiger partial charge is 0.226 e. The van der Waals surface area contributed by atoms with Gasteiger partial charge in [0.25, 0.3) is 0 Å². The predicted molar refractivity (Wildman–Crippen MR) is 279 cm³/mol. The molecule has 4 amide bonds. The second kappa shape index (κ2) is 19.9. The van der Waals surface area contributed by atoms with Crippen molar-refractivity contribution in [2.45, 2.75) is 128 Å². The minimum Gasteiger partial charge on any atom is -0.393 e. The summed E-state index contributed by atoms with van der Waals surface area (Å²) in [6.07, 6.45) is 17.3. The number of carbonyl (C=O) groups excluding carboxylic acids is 4. The van der Waals surface area contributed by atoms with Gasteiger partial charge in [0.2, 0.25) is 23.6 Å². The van der Waals surface area contributed by atoms with E-state index in [0.29, 0.717) is 35.5 Å². The Kier molecular flexibility index (Phi) is 13.4. The van der Waals surface area contributed by atoms with Crippen LogP contribution in [0.1, 0.15) is 104 Å². The lowest BCUT2D eigenvalue weighted by Crippen LogP contribution is -2.60. The van der Waals surface area contributed by atoms with Crippen molar-refractivity contribution in [2.24, 2.45) is 46.3 Å². The molecule has 0 spiro atoms. The van der Waals surface area contributed by atoms with Gasteiger partial charge < -0.3 is 41.3 Å². The first-order chi connectivity index (χ1) is 34.8. The SMILES string of the molecule is CC(=O)Nc1ccc(-c2ccc(N3CCC[C@H](NC(=O)C45CC6CC(C4)C(O)C(C6)C5)C3)nc2)cc1.CC(=O)Nc1ccc(-c2ccc(N3CCC[C@H](NC(=O)C45CC6CC(C4)C(O)C(C6)C5)C3)nc2)cc1. The number of aliphatic hydroxyl groups excluding tert-OH is 2. The van der Waals surface area contributed by atoms with Crippen LogP contribution in [0.15, 0.2) is 85.2 Å². The molecule has 8 bridgehead atoms. The first kappa shape index (κ1) is 48.4. The van der Waals surface area contributed by atoms with Gasteiger partial charge in [0.1, 0.15) is 11.6 Å². The standard InChI is InChI=1S/2C29H36N4O3/c2*1-18(34)31-24-7-4-20(5-8-24)21-6-9-26(30-16-21)33-10-2-3-25(17-33)32-28(36)29-13-19-11-22(14-29)27(35)23(12-19)15-29/h2*4-9,16,19,22-23,25,27,35H,2-3,10-15,17H2,1H3,(H,31,34)(H,32,36)/t2*19?,22?,23?,25-,27?,29?/m00/s1. The van der Waals surface area contributed by atoms with Gasteiger partial charge in [0, 0.05) is 87.0 Å². The van der Waals surface area contributed by atoms with E-state index < -0.39 is 0 Å². The van der Waals surface area contributed by atoms with Crippen molar-refractivity contribution in [3.63, 3.8) is 0 Å². The zero-order chi connectivity index (χ0) is 49.7. The van der Waals surface area contributed by atoms with Crippen LogP contribution in [-0.2, 0) is 19.2 Å². The summed E-state index contributed by atoms with van der Waals surface area (Å²) in [6, 6.07) is 24.1. The predicted octanol–water partition coefficient (Wildman–Crippen LogP) is 7.96. The first-order valence-corrected chi connectivity index (χ1v) is 26.9. The van der Waals surface area contributed by atoms with Crippen LogP contribution >= 0.6 is 0 Å². The number of hydrogen-bond acceptors (Lipinski definition) is 10. The lowest BCUT2D eigenvalue weighted by molar-refractivity contribution is -0.164. The van der Waals surface area contributed by atoms with E-state index >= 15 is 0 Å². The van der Waals surface area contributed by atoms with E-state index in [1.54, 1.807) is 0 Å². The van der Waals surface area contributed by atoms with Gasteiger partial charge in [0.05, 0.1) is 23.0 Å². The molecule has 10 fully saturated rings. The Hall–Kier alpha value is -5.86. The molecule has 0 radical (unpaired) electrons. The Labute approximate surface area is 423 Å². The summed E-state index contributed by atoms with van der Waals surface area (Å²) in [5.41, 5.74) is 5.20. The Balaban J connectivity index is 0.000000156. The van der Waals surface area contributed by atoms with Crippen LogP contribution in [-0.4, -0.2) is 94.3 Å². The molecule has 2 aromatic heterocycles. The number of amides is 4. The monoisotopic (exact) mass is 977 g/mol. The van der Waals surface area contributed by atoms with E-state index in [1.807, 2.05) is 60.9 Å². The van der Waals surface area contributed by atoms with Gasteiger partial charge in [-0.3, -0.25) is 19.2 Å². The number of pyridine rings is 2. The fraction of sp³-hybridized carbons (Fsp3) is 0.552. The molecule has 2 saturated heterocycles. The van der Waals surface area contributed by atoms with Gasteiger partial charge >= 0.3 is 0 Å². The summed E-state index contributed by atoms with van der Waals surface area (Å²) < 4.78 is 0. The number of rotatable bonds is 10. The summed E-state index contributed by atoms with van der Waals surface area (Å²) in [4.78, 5) is 63.6. The quantitative estimate of drug-likeness (QED) is 0.0910. The highest BCUT2D eigenvalue weighted by Crippen LogP contribution is 2.61. The minimum atomic E-state index is -0.257. The third-order valence-electron chi connectivity index (χ3n) is 18.1. The van der Waals surface area contributed by atoms with Crippen LogP contribution in [0.2, 0.25) is 0 Å². The van der Waals surface area contributed by atoms with Gasteiger partial charge in [-0.05, 0) is 185 Å². The molecule has 4 aromatic rings. The molecule has 2 aliphatic heterocycles. The summed E-state index contributed by atoms with van der Waals surface area (Å²) in [7, 11) is 0. The molecule has 6 atom stereocenters. The Morgan fingerprint density at radius 1 is 0.514 bits per heavy atom. The molecule has 4 unspecified atom stereocenters. The number of benzene rings is 2. The maximum absolute atomic E-state index is 13.5. The van der Waals surface area contributed by atoms with Gasteiger partial charge in [-0.15, -0.1) is 0 Å². The average molecular weight is 977 g/mol. The third kappa shape index (κ3) is 9.97. The molecule has 2 aromatic carbocycles. The number of anilines is 4. The Bertz CT molecular complexity index is 2410. The number of hydrogen-bond donors (Lipinski definition) is 6.